The summed E-state index contributed by atoms with van der Waals surface area (Å²) in [5.41, 5.74) is 4.29. The molecule has 6 heteroatoms. The topological polar surface area (TPSA) is 62.7 Å². The highest BCUT2D eigenvalue weighted by atomic mass is 16.5. The van der Waals surface area contributed by atoms with Gasteiger partial charge in [0, 0.05) is 37.1 Å². The summed E-state index contributed by atoms with van der Waals surface area (Å²) in [5, 5.41) is 1.18. The molecule has 1 aliphatic rings. The van der Waals surface area contributed by atoms with Crippen LogP contribution in [-0.4, -0.2) is 55.0 Å². The number of fused-ring (bicyclic) bond motifs is 1. The van der Waals surface area contributed by atoms with Crippen LogP contribution in [-0.2, 0) is 4.74 Å². The van der Waals surface area contributed by atoms with Gasteiger partial charge in [0.1, 0.15) is 5.82 Å². The van der Waals surface area contributed by atoms with Gasteiger partial charge < -0.3 is 14.5 Å². The molecule has 2 heterocycles. The number of hydrogen-bond acceptors (Lipinski definition) is 5. The number of hydrogen-bond donors (Lipinski definition) is 0. The molecule has 154 valence electrons. The molecule has 2 aromatic carbocycles. The highest BCUT2D eigenvalue weighted by Gasteiger charge is 2.24. The summed E-state index contributed by atoms with van der Waals surface area (Å²) < 4.78 is 4.75. The predicted octanol–water partition coefficient (Wildman–Crippen LogP) is 3.60. The van der Waals surface area contributed by atoms with Crippen LogP contribution in [0.4, 0.5) is 5.82 Å². The van der Waals surface area contributed by atoms with Gasteiger partial charge in [0.15, 0.2) is 0 Å². The van der Waals surface area contributed by atoms with Crippen LogP contribution in [0.15, 0.2) is 48.5 Å². The maximum Gasteiger partial charge on any atom is 0.337 e. The van der Waals surface area contributed by atoms with Crippen molar-refractivity contribution in [3.8, 4) is 0 Å². The zero-order valence-electron chi connectivity index (χ0n) is 17.5. The zero-order valence-corrected chi connectivity index (χ0v) is 17.5. The SMILES string of the molecule is COC(=O)c1cccc(C(=O)N2CCN(c3cc(C)c4cccc(C)c4n3)CC2)c1. The first kappa shape index (κ1) is 19.9. The minimum absolute atomic E-state index is 0.0705. The minimum Gasteiger partial charge on any atom is -0.465 e. The summed E-state index contributed by atoms with van der Waals surface area (Å²) in [7, 11) is 1.33. The monoisotopic (exact) mass is 403 g/mol. The summed E-state index contributed by atoms with van der Waals surface area (Å²) in [6.45, 7) is 6.83. The largest absolute Gasteiger partial charge is 0.465 e. The van der Waals surface area contributed by atoms with Crippen LogP contribution in [0.1, 0.15) is 31.8 Å². The maximum atomic E-state index is 12.9. The number of aromatic nitrogens is 1. The lowest BCUT2D eigenvalue weighted by molar-refractivity contribution is 0.0600. The van der Waals surface area contributed by atoms with Gasteiger partial charge in [-0.3, -0.25) is 4.79 Å². The van der Waals surface area contributed by atoms with Gasteiger partial charge in [0.2, 0.25) is 0 Å². The Balaban J connectivity index is 1.49. The molecule has 1 saturated heterocycles. The van der Waals surface area contributed by atoms with Gasteiger partial charge in [-0.05, 0) is 49.2 Å². The number of esters is 1. The van der Waals surface area contributed by atoms with Crippen molar-refractivity contribution in [2.75, 3.05) is 38.2 Å². The van der Waals surface area contributed by atoms with Crippen molar-refractivity contribution in [1.29, 1.82) is 0 Å². The van der Waals surface area contributed by atoms with Gasteiger partial charge in [-0.15, -0.1) is 0 Å². The molecule has 0 atom stereocenters. The summed E-state index contributed by atoms with van der Waals surface area (Å²) in [4.78, 5) is 33.6. The second-order valence-corrected chi connectivity index (χ2v) is 7.62. The molecule has 0 saturated carbocycles. The number of amides is 1. The van der Waals surface area contributed by atoms with Gasteiger partial charge in [-0.1, -0.05) is 24.3 Å². The van der Waals surface area contributed by atoms with Crippen LogP contribution in [0.3, 0.4) is 0 Å². The van der Waals surface area contributed by atoms with Crippen molar-refractivity contribution < 1.29 is 14.3 Å². The lowest BCUT2D eigenvalue weighted by Gasteiger charge is -2.35. The van der Waals surface area contributed by atoms with Gasteiger partial charge in [-0.25, -0.2) is 9.78 Å². The van der Waals surface area contributed by atoms with E-state index in [0.717, 1.165) is 16.9 Å². The minimum atomic E-state index is -0.442. The van der Waals surface area contributed by atoms with Crippen molar-refractivity contribution in [2.24, 2.45) is 0 Å². The van der Waals surface area contributed by atoms with E-state index in [2.05, 4.69) is 43.0 Å². The third-order valence-electron chi connectivity index (χ3n) is 5.66. The van der Waals surface area contributed by atoms with E-state index in [9.17, 15) is 9.59 Å². The average Bonchev–Trinajstić information content (AvgIpc) is 2.79. The Morgan fingerprint density at radius 3 is 2.33 bits per heavy atom. The van der Waals surface area contributed by atoms with Crippen molar-refractivity contribution in [1.82, 2.24) is 9.88 Å². The Hall–Kier alpha value is -3.41. The van der Waals surface area contributed by atoms with Crippen LogP contribution in [0, 0.1) is 13.8 Å². The van der Waals surface area contributed by atoms with E-state index in [-0.39, 0.29) is 5.91 Å². The number of nitrogens with zero attached hydrogens (tertiary/aromatic N) is 3. The van der Waals surface area contributed by atoms with Gasteiger partial charge in [0.05, 0.1) is 18.2 Å². The first-order valence-electron chi connectivity index (χ1n) is 10.1. The van der Waals surface area contributed by atoms with E-state index < -0.39 is 5.97 Å². The third-order valence-corrected chi connectivity index (χ3v) is 5.66. The number of carbonyl (C=O) groups is 2. The molecule has 6 nitrogen and oxygen atoms in total. The molecule has 0 spiro atoms. The summed E-state index contributed by atoms with van der Waals surface area (Å²) >= 11 is 0. The molecule has 1 amide bonds. The Bertz CT molecular complexity index is 1120. The number of rotatable bonds is 3. The highest BCUT2D eigenvalue weighted by molar-refractivity contribution is 5.98. The fourth-order valence-electron chi connectivity index (χ4n) is 3.92. The Kier molecular flexibility index (Phi) is 5.40. The molecular weight excluding hydrogens is 378 g/mol. The van der Waals surface area contributed by atoms with Gasteiger partial charge >= 0.3 is 5.97 Å². The number of piperazine rings is 1. The second-order valence-electron chi connectivity index (χ2n) is 7.62. The molecule has 0 unspecified atom stereocenters. The molecule has 0 bridgehead atoms. The Morgan fingerprint density at radius 2 is 1.60 bits per heavy atom. The lowest BCUT2D eigenvalue weighted by atomic mass is 10.1. The van der Waals surface area contributed by atoms with E-state index in [4.69, 9.17) is 9.72 Å². The quantitative estimate of drug-likeness (QED) is 0.626. The van der Waals surface area contributed by atoms with E-state index in [1.165, 1.54) is 18.1 Å². The van der Waals surface area contributed by atoms with Crippen LogP contribution in [0.25, 0.3) is 10.9 Å². The summed E-state index contributed by atoms with van der Waals surface area (Å²) in [5.74, 6) is 0.440. The normalized spacial score (nSPS) is 14.1. The maximum absolute atomic E-state index is 12.9. The number of para-hydroxylation sites is 1. The number of methoxy groups -OCH3 is 1. The molecule has 1 aromatic heterocycles. The number of ether oxygens (including phenoxy) is 1. The smallest absolute Gasteiger partial charge is 0.337 e. The van der Waals surface area contributed by atoms with E-state index in [1.807, 2.05) is 4.90 Å². The standard InChI is InChI=1S/C24H25N3O3/c1-16-6-4-9-20-17(2)14-21(25-22(16)20)26-10-12-27(13-11-26)23(28)18-7-5-8-19(15-18)24(29)30-3/h4-9,14-15H,10-13H2,1-3H3. The lowest BCUT2D eigenvalue weighted by Crippen LogP contribution is -2.49. The molecule has 4 rings (SSSR count). The third kappa shape index (κ3) is 3.73. The van der Waals surface area contributed by atoms with Crippen molar-refractivity contribution in [2.45, 2.75) is 13.8 Å². The van der Waals surface area contributed by atoms with Crippen LogP contribution >= 0.6 is 0 Å². The van der Waals surface area contributed by atoms with Crippen molar-refractivity contribution >= 4 is 28.6 Å². The second kappa shape index (κ2) is 8.14. The Labute approximate surface area is 176 Å². The van der Waals surface area contributed by atoms with Gasteiger partial charge in [0.25, 0.3) is 5.91 Å². The fourth-order valence-corrected chi connectivity index (χ4v) is 3.92. The first-order valence-corrected chi connectivity index (χ1v) is 10.1. The van der Waals surface area contributed by atoms with Gasteiger partial charge in [-0.2, -0.15) is 0 Å². The molecule has 0 aliphatic carbocycles. The Morgan fingerprint density at radius 1 is 0.900 bits per heavy atom. The van der Waals surface area contributed by atoms with Crippen LogP contribution in [0.2, 0.25) is 0 Å². The number of carbonyl (C=O) groups excluding carboxylic acids is 2. The summed E-state index contributed by atoms with van der Waals surface area (Å²) in [6.07, 6.45) is 0. The molecule has 0 N–H and O–H groups in total. The number of anilines is 1. The number of benzene rings is 2. The number of aryl methyl sites for hydroxylation is 2. The van der Waals surface area contributed by atoms with Crippen LogP contribution in [0.5, 0.6) is 0 Å². The highest BCUT2D eigenvalue weighted by Crippen LogP contribution is 2.25. The van der Waals surface area contributed by atoms with E-state index in [0.29, 0.717) is 37.3 Å². The molecule has 3 aromatic rings. The van der Waals surface area contributed by atoms with E-state index in [1.54, 1.807) is 24.3 Å². The number of pyridine rings is 1. The average molecular weight is 403 g/mol. The predicted molar refractivity (Wildman–Crippen MR) is 117 cm³/mol. The van der Waals surface area contributed by atoms with E-state index >= 15 is 0 Å². The molecule has 0 radical (unpaired) electrons. The van der Waals surface area contributed by atoms with Crippen molar-refractivity contribution in [3.63, 3.8) is 0 Å². The van der Waals surface area contributed by atoms with Crippen molar-refractivity contribution in [3.05, 3.63) is 70.8 Å². The first-order chi connectivity index (χ1) is 14.5. The zero-order chi connectivity index (χ0) is 21.3. The molecular formula is C24H25N3O3. The molecule has 1 fully saturated rings. The van der Waals surface area contributed by atoms with Crippen LogP contribution < -0.4 is 4.90 Å². The summed E-state index contributed by atoms with van der Waals surface area (Å²) in [6, 6.07) is 15.1. The molecule has 30 heavy (non-hydrogen) atoms. The molecule has 1 aliphatic heterocycles. The fraction of sp³-hybridized carbons (Fsp3) is 0.292.